The number of carbonyl (C=O) groups excluding carboxylic acids is 2. The Balaban J connectivity index is 1.50. The lowest BCUT2D eigenvalue weighted by Gasteiger charge is -2.37. The van der Waals surface area contributed by atoms with E-state index in [-0.39, 0.29) is 18.2 Å². The van der Waals surface area contributed by atoms with E-state index in [1.165, 1.54) is 16.8 Å². The summed E-state index contributed by atoms with van der Waals surface area (Å²) in [4.78, 5) is 30.9. The number of nitrogens with one attached hydrogen (secondary N) is 1. The molecule has 2 aromatic carbocycles. The Hall–Kier alpha value is -3.02. The van der Waals surface area contributed by atoms with Gasteiger partial charge in [0.1, 0.15) is 6.42 Å². The number of nitrogens with zero attached hydrogens (tertiary/aromatic N) is 3. The Kier molecular flexibility index (Phi) is 6.42. The van der Waals surface area contributed by atoms with Crippen LogP contribution in [0.25, 0.3) is 0 Å². The Morgan fingerprint density at radius 1 is 0.966 bits per heavy atom. The van der Waals surface area contributed by atoms with Crippen LogP contribution in [0.5, 0.6) is 0 Å². The molecule has 29 heavy (non-hydrogen) atoms. The van der Waals surface area contributed by atoms with Crippen molar-refractivity contribution in [3.63, 3.8) is 0 Å². The van der Waals surface area contributed by atoms with Gasteiger partial charge >= 0.3 is 0 Å². The number of rotatable bonds is 5. The molecule has 0 aromatic heterocycles. The van der Waals surface area contributed by atoms with E-state index in [1.807, 2.05) is 43.3 Å². The maximum Gasteiger partial charge on any atom is 0.233 e. The van der Waals surface area contributed by atoms with E-state index >= 15 is 0 Å². The van der Waals surface area contributed by atoms with Crippen molar-refractivity contribution in [2.24, 2.45) is 0 Å². The second-order valence-electron chi connectivity index (χ2n) is 7.75. The summed E-state index contributed by atoms with van der Waals surface area (Å²) in [6.45, 7) is 7.09. The minimum absolute atomic E-state index is 0.118. The minimum atomic E-state index is -0.274. The van der Waals surface area contributed by atoms with Crippen molar-refractivity contribution in [3.05, 3.63) is 53.6 Å². The van der Waals surface area contributed by atoms with E-state index in [0.717, 1.165) is 18.8 Å². The lowest BCUT2D eigenvalue weighted by Crippen LogP contribution is -2.49. The molecule has 0 unspecified atom stereocenters. The smallest absolute Gasteiger partial charge is 0.233 e. The molecule has 0 radical (unpaired) electrons. The van der Waals surface area contributed by atoms with Gasteiger partial charge in [-0.15, -0.1) is 0 Å². The topological polar surface area (TPSA) is 55.9 Å². The van der Waals surface area contributed by atoms with Crippen molar-refractivity contribution in [3.8, 4) is 0 Å². The van der Waals surface area contributed by atoms with Crippen molar-refractivity contribution >= 4 is 28.9 Å². The van der Waals surface area contributed by atoms with Gasteiger partial charge in [0.15, 0.2) is 0 Å². The molecule has 6 nitrogen and oxygen atoms in total. The van der Waals surface area contributed by atoms with E-state index in [0.29, 0.717) is 18.8 Å². The molecular weight excluding hydrogens is 364 g/mol. The average Bonchev–Trinajstić information content (AvgIpc) is 2.70. The van der Waals surface area contributed by atoms with E-state index in [2.05, 4.69) is 42.3 Å². The zero-order valence-electron chi connectivity index (χ0n) is 17.7. The molecular formula is C23H30N4O2. The molecule has 0 saturated carbocycles. The van der Waals surface area contributed by atoms with Gasteiger partial charge in [-0.25, -0.2) is 0 Å². The molecule has 1 heterocycles. The van der Waals surface area contributed by atoms with Crippen LogP contribution in [0.3, 0.4) is 0 Å². The number of amides is 2. The first-order valence-corrected chi connectivity index (χ1v) is 10.0. The van der Waals surface area contributed by atoms with Gasteiger partial charge in [-0.2, -0.15) is 0 Å². The molecule has 2 aromatic rings. The number of aryl methyl sites for hydroxylation is 1. The van der Waals surface area contributed by atoms with Crippen LogP contribution in [0.15, 0.2) is 42.5 Å². The van der Waals surface area contributed by atoms with Crippen LogP contribution in [-0.2, 0) is 9.59 Å². The monoisotopic (exact) mass is 394 g/mol. The third kappa shape index (κ3) is 5.08. The van der Waals surface area contributed by atoms with Crippen molar-refractivity contribution in [2.45, 2.75) is 20.3 Å². The fourth-order valence-corrected chi connectivity index (χ4v) is 3.57. The molecule has 3 rings (SSSR count). The molecule has 6 heteroatoms. The van der Waals surface area contributed by atoms with Crippen LogP contribution in [0.4, 0.5) is 17.1 Å². The highest BCUT2D eigenvalue weighted by atomic mass is 16.2. The van der Waals surface area contributed by atoms with Crippen LogP contribution in [-0.4, -0.2) is 57.0 Å². The average molecular weight is 395 g/mol. The lowest BCUT2D eigenvalue weighted by atomic mass is 10.1. The molecule has 1 aliphatic heterocycles. The molecule has 1 fully saturated rings. The molecule has 2 amide bonds. The third-order valence-corrected chi connectivity index (χ3v) is 5.53. The van der Waals surface area contributed by atoms with Gasteiger partial charge in [-0.3, -0.25) is 9.59 Å². The second kappa shape index (κ2) is 8.99. The Bertz CT molecular complexity index is 869. The van der Waals surface area contributed by atoms with Gasteiger partial charge in [0, 0.05) is 57.3 Å². The summed E-state index contributed by atoms with van der Waals surface area (Å²) >= 11 is 0. The minimum Gasteiger partial charge on any atom is -0.378 e. The van der Waals surface area contributed by atoms with Crippen LogP contribution >= 0.6 is 0 Å². The fourth-order valence-electron chi connectivity index (χ4n) is 3.57. The van der Waals surface area contributed by atoms with Gasteiger partial charge < -0.3 is 20.0 Å². The number of hydrogen-bond acceptors (Lipinski definition) is 4. The summed E-state index contributed by atoms with van der Waals surface area (Å²) < 4.78 is 0. The molecule has 0 bridgehead atoms. The van der Waals surface area contributed by atoms with Crippen LogP contribution in [0.2, 0.25) is 0 Å². The zero-order valence-corrected chi connectivity index (χ0v) is 17.7. The first-order valence-electron chi connectivity index (χ1n) is 10.0. The van der Waals surface area contributed by atoms with E-state index < -0.39 is 0 Å². The van der Waals surface area contributed by atoms with Crippen LogP contribution in [0, 0.1) is 13.8 Å². The first-order chi connectivity index (χ1) is 13.8. The summed E-state index contributed by atoms with van der Waals surface area (Å²) in [5, 5.41) is 2.81. The van der Waals surface area contributed by atoms with Crippen LogP contribution < -0.4 is 15.1 Å². The Labute approximate surface area is 173 Å². The fraction of sp³-hybridized carbons (Fsp3) is 0.391. The molecule has 1 aliphatic rings. The standard InChI is InChI=1S/C23H30N4O2/c1-17-6-5-7-21(18(17)2)26-12-14-27(15-13-26)23(29)16-22(28)24-19-8-10-20(11-9-19)25(3)4/h5-11H,12-16H2,1-4H3,(H,24,28). The summed E-state index contributed by atoms with van der Waals surface area (Å²) in [5.74, 6) is -0.391. The largest absolute Gasteiger partial charge is 0.378 e. The zero-order chi connectivity index (χ0) is 21.0. The molecule has 154 valence electrons. The number of benzene rings is 2. The van der Waals surface area contributed by atoms with Crippen molar-refractivity contribution in [2.75, 3.05) is 55.4 Å². The Morgan fingerprint density at radius 2 is 1.62 bits per heavy atom. The highest BCUT2D eigenvalue weighted by Crippen LogP contribution is 2.24. The molecule has 1 saturated heterocycles. The maximum absolute atomic E-state index is 12.5. The molecule has 0 spiro atoms. The van der Waals surface area contributed by atoms with Gasteiger partial charge in [0.25, 0.3) is 0 Å². The third-order valence-electron chi connectivity index (χ3n) is 5.53. The summed E-state index contributed by atoms with van der Waals surface area (Å²) in [6, 6.07) is 13.9. The SMILES string of the molecule is Cc1cccc(N2CCN(C(=O)CC(=O)Nc3ccc(N(C)C)cc3)CC2)c1C. The number of anilines is 3. The van der Waals surface area contributed by atoms with E-state index in [4.69, 9.17) is 0 Å². The van der Waals surface area contributed by atoms with Crippen molar-refractivity contribution in [1.82, 2.24) is 4.90 Å². The molecule has 1 N–H and O–H groups in total. The number of carbonyl (C=O) groups is 2. The van der Waals surface area contributed by atoms with Crippen molar-refractivity contribution < 1.29 is 9.59 Å². The van der Waals surface area contributed by atoms with E-state index in [9.17, 15) is 9.59 Å². The Morgan fingerprint density at radius 3 is 2.24 bits per heavy atom. The first kappa shape index (κ1) is 20.7. The normalized spacial score (nSPS) is 13.9. The lowest BCUT2D eigenvalue weighted by molar-refractivity contribution is -0.134. The predicted octanol–water partition coefficient (Wildman–Crippen LogP) is 3.05. The van der Waals surface area contributed by atoms with Gasteiger partial charge in [0.2, 0.25) is 11.8 Å². The highest BCUT2D eigenvalue weighted by molar-refractivity contribution is 6.03. The number of hydrogen-bond donors (Lipinski definition) is 1. The summed E-state index contributed by atoms with van der Waals surface area (Å²) in [6.07, 6.45) is -0.126. The van der Waals surface area contributed by atoms with Crippen LogP contribution in [0.1, 0.15) is 17.5 Å². The van der Waals surface area contributed by atoms with Gasteiger partial charge in [-0.05, 0) is 55.3 Å². The second-order valence-corrected chi connectivity index (χ2v) is 7.75. The summed E-state index contributed by atoms with van der Waals surface area (Å²) in [7, 11) is 3.93. The van der Waals surface area contributed by atoms with Gasteiger partial charge in [0.05, 0.1) is 0 Å². The quantitative estimate of drug-likeness (QED) is 0.792. The highest BCUT2D eigenvalue weighted by Gasteiger charge is 2.23. The molecule has 0 atom stereocenters. The van der Waals surface area contributed by atoms with Crippen molar-refractivity contribution in [1.29, 1.82) is 0 Å². The summed E-state index contributed by atoms with van der Waals surface area (Å²) in [5.41, 5.74) is 5.55. The van der Waals surface area contributed by atoms with E-state index in [1.54, 1.807) is 4.90 Å². The molecule has 0 aliphatic carbocycles. The maximum atomic E-state index is 12.5. The van der Waals surface area contributed by atoms with Gasteiger partial charge in [-0.1, -0.05) is 12.1 Å². The predicted molar refractivity (Wildman–Crippen MR) is 119 cm³/mol. The number of piperazine rings is 1.